The largest absolute Gasteiger partial charge is 0.460 e. The van der Waals surface area contributed by atoms with Crippen LogP contribution in [0.4, 0.5) is 0 Å². The summed E-state index contributed by atoms with van der Waals surface area (Å²) in [6.07, 6.45) is 0.123. The summed E-state index contributed by atoms with van der Waals surface area (Å²) < 4.78 is 9.27. The second kappa shape index (κ2) is 6.78. The first-order valence-electron chi connectivity index (χ1n) is 4.31. The third kappa shape index (κ3) is 5.64. The van der Waals surface area contributed by atoms with Crippen molar-refractivity contribution in [2.75, 3.05) is 6.61 Å². The van der Waals surface area contributed by atoms with Gasteiger partial charge in [-0.25, -0.2) is 9.59 Å². The molecule has 0 spiro atoms. The highest BCUT2D eigenvalue weighted by atomic mass is 16.6. The van der Waals surface area contributed by atoms with Crippen molar-refractivity contribution in [3.05, 3.63) is 25.3 Å². The van der Waals surface area contributed by atoms with Crippen molar-refractivity contribution in [2.24, 2.45) is 0 Å². The van der Waals surface area contributed by atoms with E-state index in [9.17, 15) is 14.7 Å². The third-order valence-electron chi connectivity index (χ3n) is 1.57. The van der Waals surface area contributed by atoms with E-state index in [4.69, 9.17) is 4.74 Å². The van der Waals surface area contributed by atoms with Crippen molar-refractivity contribution >= 4 is 11.9 Å². The molecule has 0 aromatic carbocycles. The number of ether oxygens (including phenoxy) is 2. The summed E-state index contributed by atoms with van der Waals surface area (Å²) in [6.45, 7) is 7.62. The highest BCUT2D eigenvalue weighted by Crippen LogP contribution is 2.00. The van der Waals surface area contributed by atoms with Crippen molar-refractivity contribution < 1.29 is 24.2 Å². The van der Waals surface area contributed by atoms with Crippen LogP contribution < -0.4 is 0 Å². The molecule has 5 heteroatoms. The first-order valence-corrected chi connectivity index (χ1v) is 4.31. The van der Waals surface area contributed by atoms with Gasteiger partial charge in [0, 0.05) is 12.2 Å². The highest BCUT2D eigenvalue weighted by Gasteiger charge is 2.18. The standard InChI is InChI=1S/C10H14O5/c1-4-9(12)14-6-8(11)7(3)15-10(13)5-2/h4-5,7-8,11H,1-2,6H2,3H3. The van der Waals surface area contributed by atoms with Gasteiger partial charge in [0.25, 0.3) is 0 Å². The van der Waals surface area contributed by atoms with Crippen molar-refractivity contribution in [1.82, 2.24) is 0 Å². The number of aliphatic hydroxyl groups is 1. The molecule has 0 amide bonds. The number of aliphatic hydroxyl groups excluding tert-OH is 1. The van der Waals surface area contributed by atoms with Crippen LogP contribution in [0.1, 0.15) is 6.92 Å². The van der Waals surface area contributed by atoms with E-state index in [0.29, 0.717) is 0 Å². The monoisotopic (exact) mass is 214 g/mol. The molecule has 0 saturated carbocycles. The van der Waals surface area contributed by atoms with E-state index in [-0.39, 0.29) is 6.61 Å². The fraction of sp³-hybridized carbons (Fsp3) is 0.400. The van der Waals surface area contributed by atoms with Gasteiger partial charge in [-0.2, -0.15) is 0 Å². The Hall–Kier alpha value is -1.62. The van der Waals surface area contributed by atoms with Crippen LogP contribution >= 0.6 is 0 Å². The Morgan fingerprint density at radius 1 is 1.33 bits per heavy atom. The summed E-state index contributed by atoms with van der Waals surface area (Å²) in [5.41, 5.74) is 0. The van der Waals surface area contributed by atoms with Gasteiger partial charge < -0.3 is 14.6 Å². The maximum absolute atomic E-state index is 10.7. The lowest BCUT2D eigenvalue weighted by Gasteiger charge is -2.17. The topological polar surface area (TPSA) is 72.8 Å². The Balaban J connectivity index is 3.92. The second-order valence-electron chi connectivity index (χ2n) is 2.75. The molecule has 0 radical (unpaired) electrons. The van der Waals surface area contributed by atoms with E-state index >= 15 is 0 Å². The quantitative estimate of drug-likeness (QED) is 0.505. The van der Waals surface area contributed by atoms with Crippen LogP contribution in [0.15, 0.2) is 25.3 Å². The molecular weight excluding hydrogens is 200 g/mol. The van der Waals surface area contributed by atoms with E-state index < -0.39 is 24.1 Å². The molecule has 84 valence electrons. The molecule has 0 aromatic rings. The number of hydrogen-bond acceptors (Lipinski definition) is 5. The van der Waals surface area contributed by atoms with Gasteiger partial charge in [0.05, 0.1) is 0 Å². The zero-order valence-electron chi connectivity index (χ0n) is 8.51. The number of carbonyl (C=O) groups excluding carboxylic acids is 2. The molecule has 2 atom stereocenters. The zero-order valence-corrected chi connectivity index (χ0v) is 8.51. The van der Waals surface area contributed by atoms with Crippen molar-refractivity contribution in [3.63, 3.8) is 0 Å². The van der Waals surface area contributed by atoms with Gasteiger partial charge in [0.1, 0.15) is 18.8 Å². The fourth-order valence-electron chi connectivity index (χ4n) is 0.672. The Morgan fingerprint density at radius 2 is 1.87 bits per heavy atom. The van der Waals surface area contributed by atoms with Crippen molar-refractivity contribution in [3.8, 4) is 0 Å². The van der Waals surface area contributed by atoms with E-state index in [1.807, 2.05) is 0 Å². The summed E-state index contributed by atoms with van der Waals surface area (Å²) in [5.74, 6) is -1.28. The number of carbonyl (C=O) groups is 2. The lowest BCUT2D eigenvalue weighted by molar-refractivity contribution is -0.153. The normalized spacial score (nSPS) is 13.5. The first-order chi connectivity index (χ1) is 7.01. The molecule has 0 fully saturated rings. The molecule has 0 bridgehead atoms. The maximum Gasteiger partial charge on any atom is 0.330 e. The number of rotatable bonds is 6. The molecule has 0 rings (SSSR count). The van der Waals surface area contributed by atoms with Gasteiger partial charge in [-0.1, -0.05) is 13.2 Å². The summed E-state index contributed by atoms with van der Waals surface area (Å²) in [4.78, 5) is 21.4. The molecule has 2 unspecified atom stereocenters. The molecule has 0 heterocycles. The molecule has 0 aromatic heterocycles. The number of hydrogen-bond donors (Lipinski definition) is 1. The molecule has 5 nitrogen and oxygen atoms in total. The average molecular weight is 214 g/mol. The molecule has 15 heavy (non-hydrogen) atoms. The van der Waals surface area contributed by atoms with Crippen LogP contribution in [0.3, 0.4) is 0 Å². The van der Waals surface area contributed by atoms with E-state index in [2.05, 4.69) is 17.9 Å². The Bertz CT molecular complexity index is 259. The van der Waals surface area contributed by atoms with Gasteiger partial charge in [-0.15, -0.1) is 0 Å². The van der Waals surface area contributed by atoms with Crippen LogP contribution in [-0.4, -0.2) is 35.9 Å². The van der Waals surface area contributed by atoms with E-state index in [1.165, 1.54) is 6.92 Å². The minimum atomic E-state index is -1.07. The van der Waals surface area contributed by atoms with Crippen LogP contribution in [-0.2, 0) is 19.1 Å². The van der Waals surface area contributed by atoms with E-state index in [1.54, 1.807) is 0 Å². The first kappa shape index (κ1) is 13.4. The minimum absolute atomic E-state index is 0.254. The highest BCUT2D eigenvalue weighted by molar-refractivity contribution is 5.81. The Kier molecular flexibility index (Phi) is 6.05. The fourth-order valence-corrected chi connectivity index (χ4v) is 0.672. The van der Waals surface area contributed by atoms with Gasteiger partial charge >= 0.3 is 11.9 Å². The van der Waals surface area contributed by atoms with Gasteiger partial charge in [-0.05, 0) is 6.92 Å². The predicted molar refractivity (Wildman–Crippen MR) is 52.9 cm³/mol. The Morgan fingerprint density at radius 3 is 2.33 bits per heavy atom. The third-order valence-corrected chi connectivity index (χ3v) is 1.57. The average Bonchev–Trinajstić information content (AvgIpc) is 2.24. The van der Waals surface area contributed by atoms with E-state index in [0.717, 1.165) is 12.2 Å². The second-order valence-corrected chi connectivity index (χ2v) is 2.75. The summed E-state index contributed by atoms with van der Waals surface area (Å²) in [6, 6.07) is 0. The van der Waals surface area contributed by atoms with Gasteiger partial charge in [0.15, 0.2) is 0 Å². The molecule has 0 aliphatic heterocycles. The summed E-state index contributed by atoms with van der Waals surface area (Å²) in [5, 5.41) is 9.38. The predicted octanol–water partition coefficient (Wildman–Crippen LogP) is 0.194. The molecule has 0 saturated heterocycles. The van der Waals surface area contributed by atoms with Crippen LogP contribution in [0.5, 0.6) is 0 Å². The molecular formula is C10H14O5. The molecule has 1 N–H and O–H groups in total. The van der Waals surface area contributed by atoms with Crippen molar-refractivity contribution in [1.29, 1.82) is 0 Å². The van der Waals surface area contributed by atoms with Crippen LogP contribution in [0, 0.1) is 0 Å². The number of esters is 2. The minimum Gasteiger partial charge on any atom is -0.460 e. The summed E-state index contributed by atoms with van der Waals surface area (Å²) in [7, 11) is 0. The molecule has 0 aliphatic carbocycles. The van der Waals surface area contributed by atoms with Gasteiger partial charge in [-0.3, -0.25) is 0 Å². The molecule has 0 aliphatic rings. The Labute approximate surface area is 88.0 Å². The smallest absolute Gasteiger partial charge is 0.330 e. The SMILES string of the molecule is C=CC(=O)OCC(O)C(C)OC(=O)C=C. The lowest BCUT2D eigenvalue weighted by Crippen LogP contribution is -2.32. The maximum atomic E-state index is 10.7. The van der Waals surface area contributed by atoms with Crippen LogP contribution in [0.25, 0.3) is 0 Å². The van der Waals surface area contributed by atoms with Crippen molar-refractivity contribution in [2.45, 2.75) is 19.1 Å². The van der Waals surface area contributed by atoms with Crippen LogP contribution in [0.2, 0.25) is 0 Å². The summed E-state index contributed by atoms with van der Waals surface area (Å²) >= 11 is 0. The van der Waals surface area contributed by atoms with Gasteiger partial charge in [0.2, 0.25) is 0 Å². The zero-order chi connectivity index (χ0) is 11.8. The lowest BCUT2D eigenvalue weighted by atomic mass is 10.2.